The van der Waals surface area contributed by atoms with Crippen LogP contribution in [0.25, 0.3) is 0 Å². The van der Waals surface area contributed by atoms with Crippen molar-refractivity contribution in [2.24, 2.45) is 10.7 Å². The van der Waals surface area contributed by atoms with Gasteiger partial charge in [-0.05, 0) is 51.8 Å². The zero-order valence-electron chi connectivity index (χ0n) is 13.4. The van der Waals surface area contributed by atoms with Gasteiger partial charge in [-0.1, -0.05) is 12.1 Å². The van der Waals surface area contributed by atoms with Gasteiger partial charge in [0.15, 0.2) is 0 Å². The van der Waals surface area contributed by atoms with Gasteiger partial charge in [0.05, 0.1) is 17.6 Å². The molecule has 0 aliphatic carbocycles. The molecule has 0 fully saturated rings. The summed E-state index contributed by atoms with van der Waals surface area (Å²) in [6, 6.07) is 6.66. The Kier molecular flexibility index (Phi) is 6.10. The van der Waals surface area contributed by atoms with Gasteiger partial charge in [-0.15, -0.1) is 0 Å². The van der Waals surface area contributed by atoms with Crippen molar-refractivity contribution >= 4 is 23.9 Å². The van der Waals surface area contributed by atoms with E-state index in [1.54, 1.807) is 39.8 Å². The number of amides is 1. The summed E-state index contributed by atoms with van der Waals surface area (Å²) in [5, 5.41) is 2.54. The highest BCUT2D eigenvalue weighted by atomic mass is 16.6. The third-order valence-electron chi connectivity index (χ3n) is 2.56. The Morgan fingerprint density at radius 1 is 1.36 bits per heavy atom. The Morgan fingerprint density at radius 3 is 2.41 bits per heavy atom. The van der Waals surface area contributed by atoms with E-state index in [2.05, 4.69) is 10.3 Å². The van der Waals surface area contributed by atoms with Crippen molar-refractivity contribution in [1.29, 1.82) is 0 Å². The Balaban J connectivity index is 2.64. The molecule has 1 atom stereocenters. The van der Waals surface area contributed by atoms with Crippen LogP contribution >= 0.6 is 0 Å². The fourth-order valence-corrected chi connectivity index (χ4v) is 1.76. The summed E-state index contributed by atoms with van der Waals surface area (Å²) < 4.78 is 5.13. The smallest absolute Gasteiger partial charge is 0.408 e. The molecule has 1 amide bonds. The van der Waals surface area contributed by atoms with Gasteiger partial charge in [-0.25, -0.2) is 9.79 Å². The van der Waals surface area contributed by atoms with Crippen LogP contribution in [0.3, 0.4) is 0 Å². The highest BCUT2D eigenvalue weighted by Crippen LogP contribution is 2.14. The van der Waals surface area contributed by atoms with Crippen LogP contribution in [0, 0.1) is 0 Å². The topological polar surface area (TPSA) is 93.8 Å². The number of nitrogens with zero attached hydrogens (tertiary/aromatic N) is 1. The van der Waals surface area contributed by atoms with E-state index in [0.717, 1.165) is 11.3 Å². The first-order chi connectivity index (χ1) is 10.2. The normalized spacial score (nSPS) is 13.4. The minimum atomic E-state index is -0.638. The number of ether oxygens (including phenoxy) is 1. The molecule has 6 nitrogen and oxygen atoms in total. The second-order valence-electron chi connectivity index (χ2n) is 6.01. The summed E-state index contributed by atoms with van der Waals surface area (Å²) in [7, 11) is 0. The minimum Gasteiger partial charge on any atom is -0.444 e. The van der Waals surface area contributed by atoms with E-state index in [1.807, 2.05) is 12.1 Å². The van der Waals surface area contributed by atoms with Crippen molar-refractivity contribution in [3.05, 3.63) is 29.8 Å². The summed E-state index contributed by atoms with van der Waals surface area (Å²) in [6.45, 7) is 7.00. The molecule has 3 N–H and O–H groups in total. The van der Waals surface area contributed by atoms with Crippen LogP contribution in [0.4, 0.5) is 10.5 Å². The first kappa shape index (κ1) is 17.7. The standard InChI is InChI=1S/C16H23N3O3/c1-11(17)18-13-7-5-12(6-8-13)9-14(10-20)19-15(21)22-16(2,3)4/h5-8,10,14H,9H2,1-4H3,(H2,17,18)(H,19,21)/t14-/m0/s1. The molecule has 0 aliphatic rings. The van der Waals surface area contributed by atoms with E-state index < -0.39 is 17.7 Å². The SMILES string of the molecule is CC(N)=Nc1ccc(C[C@@H](C=O)NC(=O)OC(C)(C)C)cc1. The van der Waals surface area contributed by atoms with Crippen LogP contribution in [-0.4, -0.2) is 29.9 Å². The van der Waals surface area contributed by atoms with Gasteiger partial charge in [-0.2, -0.15) is 0 Å². The summed E-state index contributed by atoms with van der Waals surface area (Å²) in [5.74, 6) is 0.477. The van der Waals surface area contributed by atoms with Gasteiger partial charge >= 0.3 is 6.09 Å². The fraction of sp³-hybridized carbons (Fsp3) is 0.438. The third kappa shape index (κ3) is 6.88. The van der Waals surface area contributed by atoms with Crippen molar-refractivity contribution in [3.63, 3.8) is 0 Å². The largest absolute Gasteiger partial charge is 0.444 e. The quantitative estimate of drug-likeness (QED) is 0.496. The van der Waals surface area contributed by atoms with Crippen LogP contribution in [0.5, 0.6) is 0 Å². The zero-order valence-corrected chi connectivity index (χ0v) is 13.4. The second-order valence-corrected chi connectivity index (χ2v) is 6.01. The molecule has 0 radical (unpaired) electrons. The van der Waals surface area contributed by atoms with Crippen LogP contribution in [-0.2, 0) is 16.0 Å². The zero-order chi connectivity index (χ0) is 16.8. The van der Waals surface area contributed by atoms with E-state index >= 15 is 0 Å². The number of rotatable bonds is 5. The molecule has 1 aromatic carbocycles. The number of aldehydes is 1. The number of alkyl carbamates (subject to hydrolysis) is 1. The molecule has 0 bridgehead atoms. The molecule has 0 saturated heterocycles. The Hall–Kier alpha value is -2.37. The summed E-state index contributed by atoms with van der Waals surface area (Å²) >= 11 is 0. The Labute approximate surface area is 130 Å². The number of hydrogen-bond acceptors (Lipinski definition) is 4. The van der Waals surface area contributed by atoms with E-state index in [0.29, 0.717) is 18.5 Å². The molecule has 0 aromatic heterocycles. The molecular weight excluding hydrogens is 282 g/mol. The molecular formula is C16H23N3O3. The lowest BCUT2D eigenvalue weighted by Crippen LogP contribution is -2.41. The monoisotopic (exact) mass is 305 g/mol. The van der Waals surface area contributed by atoms with Crippen molar-refractivity contribution < 1.29 is 14.3 Å². The molecule has 0 spiro atoms. The van der Waals surface area contributed by atoms with Gasteiger partial charge in [0.25, 0.3) is 0 Å². The number of carbonyl (C=O) groups is 2. The van der Waals surface area contributed by atoms with Crippen molar-refractivity contribution in [1.82, 2.24) is 5.32 Å². The first-order valence-electron chi connectivity index (χ1n) is 7.04. The molecule has 22 heavy (non-hydrogen) atoms. The van der Waals surface area contributed by atoms with Crippen molar-refractivity contribution in [2.75, 3.05) is 0 Å². The fourth-order valence-electron chi connectivity index (χ4n) is 1.76. The molecule has 0 heterocycles. The third-order valence-corrected chi connectivity index (χ3v) is 2.56. The van der Waals surface area contributed by atoms with Gasteiger partial charge in [0.2, 0.25) is 0 Å². The Bertz CT molecular complexity index is 541. The second kappa shape index (κ2) is 7.59. The first-order valence-corrected chi connectivity index (χ1v) is 7.04. The lowest BCUT2D eigenvalue weighted by atomic mass is 10.1. The van der Waals surface area contributed by atoms with E-state index in [-0.39, 0.29) is 0 Å². The number of benzene rings is 1. The van der Waals surface area contributed by atoms with Crippen molar-refractivity contribution in [3.8, 4) is 0 Å². The van der Waals surface area contributed by atoms with E-state index in [1.165, 1.54) is 0 Å². The molecule has 1 aromatic rings. The van der Waals surface area contributed by atoms with Crippen molar-refractivity contribution in [2.45, 2.75) is 45.8 Å². The lowest BCUT2D eigenvalue weighted by molar-refractivity contribution is -0.109. The van der Waals surface area contributed by atoms with Crippen LogP contribution < -0.4 is 11.1 Å². The maximum absolute atomic E-state index is 11.7. The molecule has 0 aliphatic heterocycles. The van der Waals surface area contributed by atoms with Gasteiger partial charge < -0.3 is 20.6 Å². The van der Waals surface area contributed by atoms with Crippen LogP contribution in [0.1, 0.15) is 33.3 Å². The lowest BCUT2D eigenvalue weighted by Gasteiger charge is -2.21. The minimum absolute atomic E-state index is 0.383. The van der Waals surface area contributed by atoms with Crippen LogP contribution in [0.15, 0.2) is 29.3 Å². The summed E-state index contributed by atoms with van der Waals surface area (Å²) in [4.78, 5) is 26.9. The number of hydrogen-bond donors (Lipinski definition) is 2. The number of amidine groups is 1. The predicted octanol–water partition coefficient (Wildman–Crippen LogP) is 2.33. The Morgan fingerprint density at radius 2 is 1.95 bits per heavy atom. The average Bonchev–Trinajstić information content (AvgIpc) is 2.37. The predicted molar refractivity (Wildman–Crippen MR) is 86.3 cm³/mol. The average molecular weight is 305 g/mol. The number of carbonyl (C=O) groups excluding carboxylic acids is 2. The van der Waals surface area contributed by atoms with E-state index in [4.69, 9.17) is 10.5 Å². The number of aliphatic imine (C=N–C) groups is 1. The van der Waals surface area contributed by atoms with Gasteiger partial charge in [0.1, 0.15) is 11.9 Å². The molecule has 0 saturated carbocycles. The maximum Gasteiger partial charge on any atom is 0.408 e. The number of nitrogens with two attached hydrogens (primary N) is 1. The highest BCUT2D eigenvalue weighted by Gasteiger charge is 2.19. The van der Waals surface area contributed by atoms with Crippen LogP contribution in [0.2, 0.25) is 0 Å². The molecule has 0 unspecified atom stereocenters. The number of nitrogens with one attached hydrogen (secondary N) is 1. The van der Waals surface area contributed by atoms with Gasteiger partial charge in [-0.3, -0.25) is 0 Å². The van der Waals surface area contributed by atoms with E-state index in [9.17, 15) is 9.59 Å². The highest BCUT2D eigenvalue weighted by molar-refractivity contribution is 5.80. The summed E-state index contributed by atoms with van der Waals surface area (Å²) in [6.07, 6.45) is 0.471. The molecule has 6 heteroatoms. The maximum atomic E-state index is 11.7. The van der Waals surface area contributed by atoms with Gasteiger partial charge in [0, 0.05) is 0 Å². The molecule has 120 valence electrons. The summed E-state index contributed by atoms with van der Waals surface area (Å²) in [5.41, 5.74) is 6.56. The molecule has 1 rings (SSSR count).